The molecule has 0 N–H and O–H groups in total. The van der Waals surface area contributed by atoms with Gasteiger partial charge in [-0.2, -0.15) is 0 Å². The standard InChI is InChI=1S/C16H15NO2/c1-11-7-8-17-10-14(11)15(18)13-6-2-4-12-5-3-9-19-16(12)13/h2,4,6-8,10H,3,5,9H2,1H3. The predicted molar refractivity (Wildman–Crippen MR) is 72.7 cm³/mol. The van der Waals surface area contributed by atoms with Crippen LogP contribution in [0.3, 0.4) is 0 Å². The van der Waals surface area contributed by atoms with Crippen LogP contribution in [0.4, 0.5) is 0 Å². The Kier molecular flexibility index (Phi) is 3.03. The number of carbonyl (C=O) groups excluding carboxylic acids is 1. The van der Waals surface area contributed by atoms with Gasteiger partial charge >= 0.3 is 0 Å². The summed E-state index contributed by atoms with van der Waals surface area (Å²) >= 11 is 0. The van der Waals surface area contributed by atoms with E-state index in [0.29, 0.717) is 17.7 Å². The number of ketones is 1. The van der Waals surface area contributed by atoms with Gasteiger partial charge in [-0.15, -0.1) is 0 Å². The zero-order valence-corrected chi connectivity index (χ0v) is 10.8. The molecule has 2 heterocycles. The lowest BCUT2D eigenvalue weighted by atomic mass is 9.96. The fraction of sp³-hybridized carbons (Fsp3) is 0.250. The van der Waals surface area contributed by atoms with E-state index in [1.807, 2.05) is 31.2 Å². The molecule has 0 radical (unpaired) electrons. The maximum atomic E-state index is 12.6. The Balaban J connectivity index is 2.08. The van der Waals surface area contributed by atoms with E-state index in [1.165, 1.54) is 0 Å². The van der Waals surface area contributed by atoms with Crippen LogP contribution in [0.15, 0.2) is 36.7 Å². The highest BCUT2D eigenvalue weighted by Gasteiger charge is 2.21. The number of ether oxygens (including phenoxy) is 1. The zero-order valence-electron chi connectivity index (χ0n) is 10.8. The SMILES string of the molecule is Cc1ccncc1C(=O)c1cccc2c1OCCC2. The molecular weight excluding hydrogens is 238 g/mol. The van der Waals surface area contributed by atoms with Crippen LogP contribution in [0.1, 0.15) is 33.5 Å². The minimum absolute atomic E-state index is 0.00986. The second-order valence-corrected chi connectivity index (χ2v) is 4.77. The van der Waals surface area contributed by atoms with Crippen LogP contribution in [0, 0.1) is 6.92 Å². The van der Waals surface area contributed by atoms with Gasteiger partial charge in [-0.05, 0) is 43.0 Å². The summed E-state index contributed by atoms with van der Waals surface area (Å²) in [5, 5.41) is 0. The number of aromatic nitrogens is 1. The second kappa shape index (κ2) is 4.84. The largest absolute Gasteiger partial charge is 0.493 e. The first-order valence-electron chi connectivity index (χ1n) is 6.47. The number of para-hydroxylation sites is 1. The molecule has 0 unspecified atom stereocenters. The van der Waals surface area contributed by atoms with Gasteiger partial charge in [0.05, 0.1) is 12.2 Å². The van der Waals surface area contributed by atoms with E-state index in [-0.39, 0.29) is 5.78 Å². The van der Waals surface area contributed by atoms with Crippen LogP contribution in [0.25, 0.3) is 0 Å². The van der Waals surface area contributed by atoms with Gasteiger partial charge in [-0.3, -0.25) is 9.78 Å². The number of aryl methyl sites for hydroxylation is 2. The van der Waals surface area contributed by atoms with E-state index in [0.717, 1.165) is 29.7 Å². The summed E-state index contributed by atoms with van der Waals surface area (Å²) in [4.78, 5) is 16.7. The Morgan fingerprint density at radius 2 is 2.16 bits per heavy atom. The lowest BCUT2D eigenvalue weighted by molar-refractivity contribution is 0.103. The van der Waals surface area contributed by atoms with Crippen molar-refractivity contribution in [2.75, 3.05) is 6.61 Å². The van der Waals surface area contributed by atoms with Gasteiger partial charge in [-0.25, -0.2) is 0 Å². The highest BCUT2D eigenvalue weighted by Crippen LogP contribution is 2.30. The monoisotopic (exact) mass is 253 g/mol. The molecule has 1 aliphatic rings. The number of benzene rings is 1. The lowest BCUT2D eigenvalue weighted by Gasteiger charge is -2.19. The molecule has 0 spiro atoms. The summed E-state index contributed by atoms with van der Waals surface area (Å²) in [5.74, 6) is 0.742. The molecule has 0 amide bonds. The first kappa shape index (κ1) is 11.9. The van der Waals surface area contributed by atoms with Crippen molar-refractivity contribution in [1.29, 1.82) is 0 Å². The first-order chi connectivity index (χ1) is 9.27. The lowest BCUT2D eigenvalue weighted by Crippen LogP contribution is -2.14. The van der Waals surface area contributed by atoms with Crippen molar-refractivity contribution in [2.45, 2.75) is 19.8 Å². The van der Waals surface area contributed by atoms with E-state index in [4.69, 9.17) is 4.74 Å². The molecule has 19 heavy (non-hydrogen) atoms. The van der Waals surface area contributed by atoms with E-state index in [2.05, 4.69) is 4.98 Å². The van der Waals surface area contributed by atoms with Gasteiger partial charge < -0.3 is 4.74 Å². The summed E-state index contributed by atoms with van der Waals surface area (Å²) in [6, 6.07) is 7.64. The van der Waals surface area contributed by atoms with Crippen LogP contribution in [-0.4, -0.2) is 17.4 Å². The van der Waals surface area contributed by atoms with Crippen molar-refractivity contribution in [2.24, 2.45) is 0 Å². The normalized spacial score (nSPS) is 13.5. The van der Waals surface area contributed by atoms with E-state index < -0.39 is 0 Å². The van der Waals surface area contributed by atoms with Crippen LogP contribution in [-0.2, 0) is 6.42 Å². The average molecular weight is 253 g/mol. The molecule has 1 aromatic heterocycles. The number of hydrogen-bond donors (Lipinski definition) is 0. The third-order valence-electron chi connectivity index (χ3n) is 3.46. The first-order valence-corrected chi connectivity index (χ1v) is 6.47. The van der Waals surface area contributed by atoms with Gasteiger partial charge in [0.1, 0.15) is 5.75 Å². The quantitative estimate of drug-likeness (QED) is 0.772. The molecule has 3 heteroatoms. The van der Waals surface area contributed by atoms with Gasteiger partial charge in [0.2, 0.25) is 0 Å². The molecule has 3 nitrogen and oxygen atoms in total. The molecule has 0 atom stereocenters. The Hall–Kier alpha value is -2.16. The molecule has 0 fully saturated rings. The van der Waals surface area contributed by atoms with Gasteiger partial charge in [0.15, 0.2) is 5.78 Å². The van der Waals surface area contributed by atoms with Crippen LogP contribution >= 0.6 is 0 Å². The summed E-state index contributed by atoms with van der Waals surface area (Å²) in [6.07, 6.45) is 5.31. The number of hydrogen-bond acceptors (Lipinski definition) is 3. The smallest absolute Gasteiger partial charge is 0.198 e. The van der Waals surface area contributed by atoms with Crippen LogP contribution in [0.5, 0.6) is 5.75 Å². The third-order valence-corrected chi connectivity index (χ3v) is 3.46. The molecule has 3 rings (SSSR count). The predicted octanol–water partition coefficient (Wildman–Crippen LogP) is 2.95. The van der Waals surface area contributed by atoms with Crippen molar-refractivity contribution >= 4 is 5.78 Å². The maximum absolute atomic E-state index is 12.6. The Bertz CT molecular complexity index is 634. The summed E-state index contributed by atoms with van der Waals surface area (Å²) < 4.78 is 5.70. The summed E-state index contributed by atoms with van der Waals surface area (Å²) in [5.41, 5.74) is 3.35. The van der Waals surface area contributed by atoms with Crippen molar-refractivity contribution in [3.63, 3.8) is 0 Å². The summed E-state index contributed by atoms with van der Waals surface area (Å²) in [7, 11) is 0. The Morgan fingerprint density at radius 1 is 1.26 bits per heavy atom. The molecule has 1 aromatic carbocycles. The zero-order chi connectivity index (χ0) is 13.2. The van der Waals surface area contributed by atoms with Gasteiger partial charge in [0, 0.05) is 18.0 Å². The van der Waals surface area contributed by atoms with Gasteiger partial charge in [0.25, 0.3) is 0 Å². The topological polar surface area (TPSA) is 39.2 Å². The van der Waals surface area contributed by atoms with Crippen molar-refractivity contribution in [3.05, 3.63) is 58.9 Å². The fourth-order valence-corrected chi connectivity index (χ4v) is 2.41. The number of carbonyl (C=O) groups is 1. The van der Waals surface area contributed by atoms with Crippen molar-refractivity contribution in [3.8, 4) is 5.75 Å². The maximum Gasteiger partial charge on any atom is 0.198 e. The molecule has 2 aromatic rings. The molecule has 0 bridgehead atoms. The molecule has 0 saturated carbocycles. The van der Waals surface area contributed by atoms with E-state index in [1.54, 1.807) is 12.4 Å². The molecule has 0 aliphatic carbocycles. The van der Waals surface area contributed by atoms with Crippen LogP contribution in [0.2, 0.25) is 0 Å². The highest BCUT2D eigenvalue weighted by atomic mass is 16.5. The van der Waals surface area contributed by atoms with Gasteiger partial charge in [-0.1, -0.05) is 12.1 Å². The molecule has 96 valence electrons. The minimum atomic E-state index is -0.00986. The number of fused-ring (bicyclic) bond motifs is 1. The van der Waals surface area contributed by atoms with Crippen molar-refractivity contribution < 1.29 is 9.53 Å². The number of pyridine rings is 1. The third kappa shape index (κ3) is 2.12. The minimum Gasteiger partial charge on any atom is -0.493 e. The number of nitrogens with zero attached hydrogens (tertiary/aromatic N) is 1. The molecular formula is C16H15NO2. The van der Waals surface area contributed by atoms with E-state index in [9.17, 15) is 4.79 Å². The van der Waals surface area contributed by atoms with Crippen LogP contribution < -0.4 is 4.74 Å². The fourth-order valence-electron chi connectivity index (χ4n) is 2.41. The number of rotatable bonds is 2. The van der Waals surface area contributed by atoms with Crippen molar-refractivity contribution in [1.82, 2.24) is 4.98 Å². The molecule has 0 saturated heterocycles. The van der Waals surface area contributed by atoms with E-state index >= 15 is 0 Å². The summed E-state index contributed by atoms with van der Waals surface area (Å²) in [6.45, 7) is 2.61. The Labute approximate surface area is 112 Å². The molecule has 1 aliphatic heterocycles. The second-order valence-electron chi connectivity index (χ2n) is 4.77. The Morgan fingerprint density at radius 3 is 3.00 bits per heavy atom. The highest BCUT2D eigenvalue weighted by molar-refractivity contribution is 6.11. The average Bonchev–Trinajstić information content (AvgIpc) is 2.46.